The lowest BCUT2D eigenvalue weighted by atomic mass is 9.91. The summed E-state index contributed by atoms with van der Waals surface area (Å²) >= 11 is 2.71. The van der Waals surface area contributed by atoms with Crippen LogP contribution in [0.25, 0.3) is 16.2 Å². The number of imidazole rings is 1. The number of aromatic nitrogens is 4. The minimum absolute atomic E-state index is 0.0404. The number of piperidine rings is 1. The molecule has 2 saturated heterocycles. The number of nitrogens with zero attached hydrogens (tertiary/aromatic N) is 8. The molecule has 0 radical (unpaired) electrons. The highest BCUT2D eigenvalue weighted by Gasteiger charge is 2.39. The Balaban J connectivity index is 1.26. The summed E-state index contributed by atoms with van der Waals surface area (Å²) in [7, 11) is 3.21. The molecule has 1 aromatic carbocycles. The Labute approximate surface area is 260 Å². The lowest BCUT2D eigenvalue weighted by Gasteiger charge is -2.40. The zero-order valence-corrected chi connectivity index (χ0v) is 26.1. The summed E-state index contributed by atoms with van der Waals surface area (Å²) < 4.78 is 20.4. The van der Waals surface area contributed by atoms with Crippen LogP contribution in [-0.2, 0) is 20.7 Å². The standard InChI is InChI=1S/C29H31FN8O4S2/c1-4-20-26(35(2)28-33-24(22(12-31)43-28)16-5-7-18(30)8-6-16)38-29(32-20)44-25(34-38)17-9-10-36(21(11-17)27(41)42-3)15-23(40)37-13-19(39)14-37/h5-8,17,19,21,39H,4,9-11,13-15H2,1-3H3/t17?,21-/m1/s1. The van der Waals surface area contributed by atoms with Crippen molar-refractivity contribution in [1.82, 2.24) is 29.4 Å². The Kier molecular flexibility index (Phi) is 8.34. The van der Waals surface area contributed by atoms with Crippen molar-refractivity contribution in [3.63, 3.8) is 0 Å². The van der Waals surface area contributed by atoms with Gasteiger partial charge in [-0.15, -0.1) is 0 Å². The number of aliphatic hydroxyl groups excluding tert-OH is 1. The molecule has 1 amide bonds. The number of methoxy groups -OCH3 is 1. The van der Waals surface area contributed by atoms with Crippen molar-refractivity contribution >= 4 is 50.5 Å². The van der Waals surface area contributed by atoms with Gasteiger partial charge in [0.25, 0.3) is 0 Å². The number of β-amino-alcohol motifs (C(OH)–C–C–N with tert-alkyl or cyclic N) is 1. The van der Waals surface area contributed by atoms with E-state index < -0.39 is 18.1 Å². The van der Waals surface area contributed by atoms with E-state index in [1.54, 1.807) is 21.5 Å². The van der Waals surface area contributed by atoms with Gasteiger partial charge in [0.2, 0.25) is 10.9 Å². The van der Waals surface area contributed by atoms with Crippen molar-refractivity contribution in [2.24, 2.45) is 0 Å². The maximum Gasteiger partial charge on any atom is 0.323 e. The number of nitriles is 1. The number of halogens is 1. The SMILES string of the molecule is CCc1nc2sc(C3CCN(CC(=O)N4CC(O)C4)[C@@H](C(=O)OC)C3)nn2c1N(C)c1nc(-c2ccc(F)cc2)c(C#N)s1. The number of fused-ring (bicyclic) bond motifs is 1. The molecular formula is C29H31FN8O4S2. The molecule has 15 heteroatoms. The molecule has 230 valence electrons. The molecular weight excluding hydrogens is 608 g/mol. The zero-order chi connectivity index (χ0) is 31.1. The lowest BCUT2D eigenvalue weighted by molar-refractivity contribution is -0.152. The molecule has 2 aliphatic rings. The number of hydrogen-bond acceptors (Lipinski definition) is 12. The van der Waals surface area contributed by atoms with Gasteiger partial charge in [0.1, 0.15) is 33.5 Å². The van der Waals surface area contributed by atoms with Crippen LogP contribution < -0.4 is 4.90 Å². The van der Waals surface area contributed by atoms with E-state index in [2.05, 4.69) is 6.07 Å². The van der Waals surface area contributed by atoms with Crippen LogP contribution >= 0.6 is 22.7 Å². The molecule has 6 rings (SSSR count). The van der Waals surface area contributed by atoms with Gasteiger partial charge in [0, 0.05) is 38.2 Å². The van der Waals surface area contributed by atoms with Gasteiger partial charge in [0.05, 0.1) is 25.5 Å². The summed E-state index contributed by atoms with van der Waals surface area (Å²) in [6.45, 7) is 3.26. The Bertz CT molecular complexity index is 1740. The van der Waals surface area contributed by atoms with Crippen molar-refractivity contribution in [3.05, 3.63) is 45.7 Å². The van der Waals surface area contributed by atoms with Crippen molar-refractivity contribution in [3.8, 4) is 17.3 Å². The number of esters is 1. The number of benzene rings is 1. The highest BCUT2D eigenvalue weighted by Crippen LogP contribution is 2.40. The quantitative estimate of drug-likeness (QED) is 0.286. The topological polar surface area (TPSA) is 140 Å². The molecule has 2 aliphatic heterocycles. The molecule has 44 heavy (non-hydrogen) atoms. The highest BCUT2D eigenvalue weighted by atomic mass is 32.1. The van der Waals surface area contributed by atoms with Crippen molar-refractivity contribution in [1.29, 1.82) is 5.26 Å². The van der Waals surface area contributed by atoms with E-state index >= 15 is 0 Å². The van der Waals surface area contributed by atoms with Crippen LogP contribution in [0.5, 0.6) is 0 Å². The number of hydrogen-bond donors (Lipinski definition) is 1. The summed E-state index contributed by atoms with van der Waals surface area (Å²) in [6.07, 6.45) is 1.31. The van der Waals surface area contributed by atoms with Crippen LogP contribution in [0, 0.1) is 17.1 Å². The fourth-order valence-electron chi connectivity index (χ4n) is 5.70. The minimum Gasteiger partial charge on any atom is -0.468 e. The molecule has 2 fully saturated rings. The molecule has 0 spiro atoms. The summed E-state index contributed by atoms with van der Waals surface area (Å²) in [5.74, 6) is -0.174. The molecule has 1 unspecified atom stereocenters. The third-order valence-electron chi connectivity index (χ3n) is 8.13. The first-order valence-corrected chi connectivity index (χ1v) is 15.9. The summed E-state index contributed by atoms with van der Waals surface area (Å²) in [6, 6.07) is 7.52. The van der Waals surface area contributed by atoms with Crippen LogP contribution in [0.1, 0.15) is 41.3 Å². The number of thiazole rings is 1. The zero-order valence-electron chi connectivity index (χ0n) is 24.4. The van der Waals surface area contributed by atoms with E-state index in [0.717, 1.165) is 16.5 Å². The van der Waals surface area contributed by atoms with E-state index in [4.69, 9.17) is 19.8 Å². The number of rotatable bonds is 8. The number of likely N-dealkylation sites (tertiary alicyclic amines) is 2. The maximum atomic E-state index is 13.5. The number of amides is 1. The first-order valence-electron chi connectivity index (χ1n) is 14.3. The van der Waals surface area contributed by atoms with Gasteiger partial charge < -0.3 is 19.6 Å². The van der Waals surface area contributed by atoms with E-state index in [0.29, 0.717) is 65.1 Å². The van der Waals surface area contributed by atoms with E-state index in [1.807, 2.05) is 23.8 Å². The summed E-state index contributed by atoms with van der Waals surface area (Å²) in [5, 5.41) is 25.7. The van der Waals surface area contributed by atoms with Crippen molar-refractivity contribution < 1.29 is 23.8 Å². The van der Waals surface area contributed by atoms with Gasteiger partial charge in [-0.3, -0.25) is 14.5 Å². The predicted molar refractivity (Wildman–Crippen MR) is 162 cm³/mol. The molecule has 2 atom stereocenters. The van der Waals surface area contributed by atoms with Gasteiger partial charge >= 0.3 is 5.97 Å². The van der Waals surface area contributed by atoms with Crippen LogP contribution in [0.3, 0.4) is 0 Å². The van der Waals surface area contributed by atoms with Crippen molar-refractivity contribution in [2.75, 3.05) is 45.2 Å². The number of carbonyl (C=O) groups excluding carboxylic acids is 2. The molecule has 0 bridgehead atoms. The smallest absolute Gasteiger partial charge is 0.323 e. The Morgan fingerprint density at radius 2 is 1.98 bits per heavy atom. The van der Waals surface area contributed by atoms with Crippen LogP contribution in [0.15, 0.2) is 24.3 Å². The first kappa shape index (κ1) is 30.1. The molecule has 4 aromatic rings. The maximum absolute atomic E-state index is 13.5. The normalized spacial score (nSPS) is 19.1. The second-order valence-electron chi connectivity index (χ2n) is 10.9. The number of aryl methyl sites for hydroxylation is 1. The largest absolute Gasteiger partial charge is 0.468 e. The Morgan fingerprint density at radius 3 is 2.64 bits per heavy atom. The van der Waals surface area contributed by atoms with Gasteiger partial charge in [-0.25, -0.2) is 14.4 Å². The third-order valence-corrected chi connectivity index (χ3v) is 10.2. The summed E-state index contributed by atoms with van der Waals surface area (Å²) in [5.41, 5.74) is 1.97. The number of anilines is 2. The Morgan fingerprint density at radius 1 is 1.23 bits per heavy atom. The predicted octanol–water partition coefficient (Wildman–Crippen LogP) is 3.18. The van der Waals surface area contributed by atoms with Crippen LogP contribution in [0.2, 0.25) is 0 Å². The third kappa shape index (κ3) is 5.54. The first-order chi connectivity index (χ1) is 21.2. The summed E-state index contributed by atoms with van der Waals surface area (Å²) in [4.78, 5) is 41.5. The average molecular weight is 639 g/mol. The minimum atomic E-state index is -0.594. The fourth-order valence-corrected chi connectivity index (χ4v) is 7.60. The molecule has 12 nitrogen and oxygen atoms in total. The average Bonchev–Trinajstić information content (AvgIpc) is 3.72. The molecule has 1 N–H and O–H groups in total. The number of aliphatic hydroxyl groups is 1. The van der Waals surface area contributed by atoms with Gasteiger partial charge in [-0.1, -0.05) is 29.6 Å². The molecule has 0 saturated carbocycles. The Hall–Kier alpha value is -3.97. The fraction of sp³-hybridized carbons (Fsp3) is 0.448. The number of carbonyl (C=O) groups is 2. The van der Waals surface area contributed by atoms with Crippen molar-refractivity contribution in [2.45, 2.75) is 44.2 Å². The van der Waals surface area contributed by atoms with Gasteiger partial charge in [-0.2, -0.15) is 14.9 Å². The molecule has 5 heterocycles. The van der Waals surface area contributed by atoms with E-state index in [1.165, 1.54) is 41.9 Å². The van der Waals surface area contributed by atoms with Gasteiger partial charge in [0.15, 0.2) is 10.9 Å². The second kappa shape index (κ2) is 12.2. The van der Waals surface area contributed by atoms with Crippen LogP contribution in [0.4, 0.5) is 15.3 Å². The van der Waals surface area contributed by atoms with Crippen LogP contribution in [-0.4, -0.2) is 98.8 Å². The molecule has 0 aliphatic carbocycles. The van der Waals surface area contributed by atoms with E-state index in [-0.39, 0.29) is 24.2 Å². The lowest BCUT2D eigenvalue weighted by Crippen LogP contribution is -2.58. The number of ether oxygens (including phenoxy) is 1. The van der Waals surface area contributed by atoms with E-state index in [9.17, 15) is 24.3 Å². The highest BCUT2D eigenvalue weighted by molar-refractivity contribution is 7.17. The van der Waals surface area contributed by atoms with Gasteiger partial charge in [-0.05, 0) is 43.5 Å². The second-order valence-corrected chi connectivity index (χ2v) is 12.9. The molecule has 3 aromatic heterocycles. The monoisotopic (exact) mass is 638 g/mol.